The topological polar surface area (TPSA) is 55.1 Å². The zero-order valence-corrected chi connectivity index (χ0v) is 11.8. The number of hydrogen-bond acceptors (Lipinski definition) is 2. The van der Waals surface area contributed by atoms with Crippen molar-refractivity contribution in [1.82, 2.24) is 0 Å². The summed E-state index contributed by atoms with van der Waals surface area (Å²) in [6, 6.07) is 9.37. The van der Waals surface area contributed by atoms with Gasteiger partial charge in [0.2, 0.25) is 5.91 Å². The lowest BCUT2D eigenvalue weighted by Crippen LogP contribution is -2.28. The largest absolute Gasteiger partial charge is 0.370 e. The molecule has 104 valence electrons. The SMILES string of the molecule is NC(=O)C(Nc1ccc(Br)cc1)c1cccc(F)c1F. The van der Waals surface area contributed by atoms with Crippen molar-refractivity contribution in [1.29, 1.82) is 0 Å². The van der Waals surface area contributed by atoms with Crippen LogP contribution in [0.3, 0.4) is 0 Å². The lowest BCUT2D eigenvalue weighted by molar-refractivity contribution is -0.118. The fraction of sp³-hybridized carbons (Fsp3) is 0.0714. The van der Waals surface area contributed by atoms with Crippen molar-refractivity contribution in [3.8, 4) is 0 Å². The third kappa shape index (κ3) is 3.14. The van der Waals surface area contributed by atoms with E-state index in [2.05, 4.69) is 21.2 Å². The van der Waals surface area contributed by atoms with E-state index in [0.717, 1.165) is 10.5 Å². The first-order chi connectivity index (χ1) is 9.49. The quantitative estimate of drug-likeness (QED) is 0.896. The number of carbonyl (C=O) groups excluding carboxylic acids is 1. The van der Waals surface area contributed by atoms with E-state index in [1.165, 1.54) is 12.1 Å². The predicted octanol–water partition coefficient (Wildman–Crippen LogP) is 3.37. The molecule has 0 aliphatic carbocycles. The molecule has 1 atom stereocenters. The molecule has 0 aliphatic rings. The Kier molecular flexibility index (Phi) is 4.34. The van der Waals surface area contributed by atoms with Crippen LogP contribution in [-0.2, 0) is 4.79 Å². The lowest BCUT2D eigenvalue weighted by Gasteiger charge is -2.18. The van der Waals surface area contributed by atoms with E-state index < -0.39 is 23.6 Å². The van der Waals surface area contributed by atoms with Gasteiger partial charge in [0.1, 0.15) is 6.04 Å². The Morgan fingerprint density at radius 3 is 2.40 bits per heavy atom. The Balaban J connectivity index is 2.34. The highest BCUT2D eigenvalue weighted by molar-refractivity contribution is 9.10. The molecule has 0 aliphatic heterocycles. The minimum Gasteiger partial charge on any atom is -0.370 e. The molecule has 3 nitrogen and oxygen atoms in total. The Bertz CT molecular complexity index is 632. The minimum absolute atomic E-state index is 0.125. The average molecular weight is 341 g/mol. The second-order valence-corrected chi connectivity index (χ2v) is 5.05. The third-order valence-corrected chi connectivity index (χ3v) is 3.26. The molecular formula is C14H11BrF2N2O. The number of hydrogen-bond donors (Lipinski definition) is 2. The Morgan fingerprint density at radius 2 is 1.80 bits per heavy atom. The zero-order valence-electron chi connectivity index (χ0n) is 10.2. The highest BCUT2D eigenvalue weighted by Gasteiger charge is 2.23. The van der Waals surface area contributed by atoms with Crippen LogP contribution in [0, 0.1) is 11.6 Å². The van der Waals surface area contributed by atoms with Crippen LogP contribution in [0.1, 0.15) is 11.6 Å². The lowest BCUT2D eigenvalue weighted by atomic mass is 10.0. The third-order valence-electron chi connectivity index (χ3n) is 2.73. The van der Waals surface area contributed by atoms with Crippen molar-refractivity contribution < 1.29 is 13.6 Å². The number of carbonyl (C=O) groups is 1. The van der Waals surface area contributed by atoms with Crippen molar-refractivity contribution in [2.75, 3.05) is 5.32 Å². The molecule has 0 radical (unpaired) electrons. The predicted molar refractivity (Wildman–Crippen MR) is 76.1 cm³/mol. The summed E-state index contributed by atoms with van der Waals surface area (Å²) in [4.78, 5) is 11.5. The summed E-state index contributed by atoms with van der Waals surface area (Å²) in [5.74, 6) is -2.90. The molecule has 1 amide bonds. The molecule has 3 N–H and O–H groups in total. The highest BCUT2D eigenvalue weighted by Crippen LogP contribution is 2.24. The van der Waals surface area contributed by atoms with Crippen LogP contribution < -0.4 is 11.1 Å². The summed E-state index contributed by atoms with van der Waals surface area (Å²) in [5, 5.41) is 2.79. The molecule has 2 rings (SSSR count). The molecule has 0 aromatic heterocycles. The second kappa shape index (κ2) is 6.00. The van der Waals surface area contributed by atoms with Crippen molar-refractivity contribution >= 4 is 27.5 Å². The van der Waals surface area contributed by atoms with Crippen LogP contribution in [0.15, 0.2) is 46.9 Å². The Hall–Kier alpha value is -1.95. The van der Waals surface area contributed by atoms with E-state index in [-0.39, 0.29) is 5.56 Å². The van der Waals surface area contributed by atoms with Crippen LogP contribution in [0.4, 0.5) is 14.5 Å². The molecule has 0 fully saturated rings. The average Bonchev–Trinajstić information content (AvgIpc) is 2.41. The van der Waals surface area contributed by atoms with Crippen molar-refractivity contribution in [3.05, 3.63) is 64.1 Å². The summed E-state index contributed by atoms with van der Waals surface area (Å²) in [7, 11) is 0. The maximum Gasteiger partial charge on any atom is 0.244 e. The van der Waals surface area contributed by atoms with Gasteiger partial charge in [-0.25, -0.2) is 8.78 Å². The summed E-state index contributed by atoms with van der Waals surface area (Å²) >= 11 is 3.28. The van der Waals surface area contributed by atoms with Gasteiger partial charge in [-0.15, -0.1) is 0 Å². The molecule has 2 aromatic carbocycles. The molecule has 0 saturated carbocycles. The number of rotatable bonds is 4. The normalized spacial score (nSPS) is 11.9. The number of nitrogens with one attached hydrogen (secondary N) is 1. The summed E-state index contributed by atoms with van der Waals surface area (Å²) < 4.78 is 27.8. The minimum atomic E-state index is -1.15. The maximum atomic E-state index is 13.7. The standard InChI is InChI=1S/C14H11BrF2N2O/c15-8-4-6-9(7-5-8)19-13(14(18)20)10-2-1-3-11(16)12(10)17/h1-7,13,19H,(H2,18,20). The first kappa shape index (κ1) is 14.5. The van der Waals surface area contributed by atoms with Crippen LogP contribution in [0.2, 0.25) is 0 Å². The van der Waals surface area contributed by atoms with E-state index >= 15 is 0 Å². The molecule has 2 aromatic rings. The van der Waals surface area contributed by atoms with E-state index in [1.54, 1.807) is 24.3 Å². The van der Waals surface area contributed by atoms with Crippen molar-refractivity contribution in [2.45, 2.75) is 6.04 Å². The van der Waals surface area contributed by atoms with Gasteiger partial charge in [-0.2, -0.15) is 0 Å². The van der Waals surface area contributed by atoms with E-state index in [4.69, 9.17) is 5.73 Å². The summed E-state index contributed by atoms with van der Waals surface area (Å²) in [5.41, 5.74) is 5.71. The van der Waals surface area contributed by atoms with Crippen LogP contribution in [-0.4, -0.2) is 5.91 Å². The number of benzene rings is 2. The zero-order chi connectivity index (χ0) is 14.7. The summed E-state index contributed by atoms with van der Waals surface area (Å²) in [6.45, 7) is 0. The first-order valence-electron chi connectivity index (χ1n) is 5.74. The van der Waals surface area contributed by atoms with Gasteiger partial charge < -0.3 is 11.1 Å². The molecule has 0 spiro atoms. The molecule has 0 saturated heterocycles. The smallest absolute Gasteiger partial charge is 0.244 e. The van der Waals surface area contributed by atoms with E-state index in [0.29, 0.717) is 5.69 Å². The second-order valence-electron chi connectivity index (χ2n) is 4.13. The number of anilines is 1. The molecule has 0 bridgehead atoms. The van der Waals surface area contributed by atoms with Crippen LogP contribution in [0.5, 0.6) is 0 Å². The number of nitrogens with two attached hydrogens (primary N) is 1. The van der Waals surface area contributed by atoms with Crippen LogP contribution >= 0.6 is 15.9 Å². The van der Waals surface area contributed by atoms with Gasteiger partial charge in [-0.3, -0.25) is 4.79 Å². The van der Waals surface area contributed by atoms with Gasteiger partial charge in [0, 0.05) is 15.7 Å². The number of primary amides is 1. The van der Waals surface area contributed by atoms with E-state index in [1.807, 2.05) is 0 Å². The van der Waals surface area contributed by atoms with Crippen molar-refractivity contribution in [2.24, 2.45) is 5.73 Å². The molecule has 0 heterocycles. The highest BCUT2D eigenvalue weighted by atomic mass is 79.9. The Labute approximate surface area is 122 Å². The van der Waals surface area contributed by atoms with Gasteiger partial charge in [-0.05, 0) is 30.3 Å². The Morgan fingerprint density at radius 1 is 1.15 bits per heavy atom. The molecule has 6 heteroatoms. The number of halogens is 3. The summed E-state index contributed by atoms with van der Waals surface area (Å²) in [6.07, 6.45) is 0. The van der Waals surface area contributed by atoms with Crippen LogP contribution in [0.25, 0.3) is 0 Å². The first-order valence-corrected chi connectivity index (χ1v) is 6.53. The molecular weight excluding hydrogens is 330 g/mol. The molecule has 1 unspecified atom stereocenters. The number of amides is 1. The molecule has 20 heavy (non-hydrogen) atoms. The maximum absolute atomic E-state index is 13.7. The fourth-order valence-corrected chi connectivity index (χ4v) is 2.02. The van der Waals surface area contributed by atoms with Gasteiger partial charge in [0.25, 0.3) is 0 Å². The van der Waals surface area contributed by atoms with Gasteiger partial charge in [0.15, 0.2) is 11.6 Å². The monoisotopic (exact) mass is 340 g/mol. The van der Waals surface area contributed by atoms with Crippen molar-refractivity contribution in [3.63, 3.8) is 0 Å². The van der Waals surface area contributed by atoms with Gasteiger partial charge in [-0.1, -0.05) is 28.1 Å². The van der Waals surface area contributed by atoms with Gasteiger partial charge >= 0.3 is 0 Å². The van der Waals surface area contributed by atoms with E-state index in [9.17, 15) is 13.6 Å². The van der Waals surface area contributed by atoms with Gasteiger partial charge in [0.05, 0.1) is 0 Å². The fourth-order valence-electron chi connectivity index (χ4n) is 1.76.